The summed E-state index contributed by atoms with van der Waals surface area (Å²) < 4.78 is 0. The second kappa shape index (κ2) is 12.3. The zero-order valence-electron chi connectivity index (χ0n) is 24.8. The van der Waals surface area contributed by atoms with Crippen LogP contribution < -0.4 is 0 Å². The van der Waals surface area contributed by atoms with E-state index in [1.807, 2.05) is 30.3 Å². The van der Waals surface area contributed by atoms with Crippen molar-refractivity contribution in [3.8, 4) is 45.0 Å². The van der Waals surface area contributed by atoms with E-state index in [2.05, 4.69) is 108 Å². The lowest BCUT2D eigenvalue weighted by Crippen LogP contribution is -1.98. The Morgan fingerprint density at radius 3 is 2.16 bits per heavy atom. The molecule has 0 aliphatic rings. The average molecular weight is 580 g/mol. The second-order valence-corrected chi connectivity index (χ2v) is 10.6. The molecule has 0 spiro atoms. The highest BCUT2D eigenvalue weighted by molar-refractivity contribution is 6.13. The Hall–Kier alpha value is -6.07. The molecule has 0 radical (unpaired) electrons. The number of hydrogen-bond acceptors (Lipinski definition) is 5. The van der Waals surface area contributed by atoms with E-state index in [9.17, 15) is 0 Å². The Labute approximate surface area is 262 Å². The number of fused-ring (bicyclic) bond motifs is 3. The van der Waals surface area contributed by atoms with Crippen molar-refractivity contribution >= 4 is 33.5 Å². The molecule has 45 heavy (non-hydrogen) atoms. The van der Waals surface area contributed by atoms with Crippen LogP contribution in [-0.2, 0) is 0 Å². The number of hydrogen-bond donors (Lipinski definition) is 0. The number of pyridine rings is 2. The molecule has 4 aromatic carbocycles. The first-order chi connectivity index (χ1) is 22.2. The maximum absolute atomic E-state index is 5.15. The fourth-order valence-corrected chi connectivity index (χ4v) is 5.60. The van der Waals surface area contributed by atoms with E-state index in [0.29, 0.717) is 5.82 Å². The molecule has 0 atom stereocenters. The first-order valence-electron chi connectivity index (χ1n) is 14.8. The van der Waals surface area contributed by atoms with Crippen LogP contribution in [0, 0.1) is 0 Å². The fraction of sp³-hybridized carbons (Fsp3) is 0.0250. The predicted molar refractivity (Wildman–Crippen MR) is 187 cm³/mol. The summed E-state index contributed by atoms with van der Waals surface area (Å²) in [4.78, 5) is 23.3. The molecule has 3 heterocycles. The third-order valence-electron chi connectivity index (χ3n) is 7.84. The van der Waals surface area contributed by atoms with Crippen molar-refractivity contribution in [3.05, 3.63) is 152 Å². The quantitative estimate of drug-likeness (QED) is 0.107. The van der Waals surface area contributed by atoms with Crippen molar-refractivity contribution in [2.24, 2.45) is 4.99 Å². The summed E-state index contributed by atoms with van der Waals surface area (Å²) in [5, 5.41) is 3.56. The summed E-state index contributed by atoms with van der Waals surface area (Å²) in [7, 11) is 1.74. The van der Waals surface area contributed by atoms with Crippen LogP contribution in [0.1, 0.15) is 5.69 Å². The Bertz CT molecular complexity index is 2220. The minimum atomic E-state index is 0.620. The summed E-state index contributed by atoms with van der Waals surface area (Å²) in [5.41, 5.74) is 9.50. The Balaban J connectivity index is 1.35. The molecule has 0 aliphatic carbocycles. The summed E-state index contributed by atoms with van der Waals surface area (Å²) in [6.45, 7) is 4.00. The van der Waals surface area contributed by atoms with Gasteiger partial charge in [-0.05, 0) is 58.3 Å². The van der Waals surface area contributed by atoms with Gasteiger partial charge in [-0.1, -0.05) is 97.6 Å². The molecule has 5 heteroatoms. The summed E-state index contributed by atoms with van der Waals surface area (Å²) in [6.07, 6.45) is 8.96. The van der Waals surface area contributed by atoms with Crippen LogP contribution in [0.2, 0.25) is 0 Å². The second-order valence-electron chi connectivity index (χ2n) is 10.6. The first kappa shape index (κ1) is 27.7. The van der Waals surface area contributed by atoms with Gasteiger partial charge in [0.25, 0.3) is 0 Å². The number of aliphatic imine (C=N–C) groups is 1. The SMILES string of the molecule is C=C/C(=C\C=N/C)c1cc(-c2ccncc2)nc(-c2ccc(-c3cc(-c4ccccc4)c4c(ccc5ccccc54)n3)cc2)n1. The molecule has 7 aromatic rings. The van der Waals surface area contributed by atoms with Crippen LogP contribution in [0.25, 0.3) is 72.3 Å². The van der Waals surface area contributed by atoms with Gasteiger partial charge in [-0.2, -0.15) is 0 Å². The largest absolute Gasteiger partial charge is 0.296 e. The lowest BCUT2D eigenvalue weighted by atomic mass is 9.94. The van der Waals surface area contributed by atoms with Gasteiger partial charge in [0.1, 0.15) is 0 Å². The van der Waals surface area contributed by atoms with Crippen LogP contribution in [0.3, 0.4) is 0 Å². The van der Waals surface area contributed by atoms with E-state index in [-0.39, 0.29) is 0 Å². The van der Waals surface area contributed by atoms with Crippen LogP contribution in [0.4, 0.5) is 0 Å². The first-order valence-corrected chi connectivity index (χ1v) is 14.8. The van der Waals surface area contributed by atoms with Gasteiger partial charge in [-0.15, -0.1) is 0 Å². The predicted octanol–water partition coefficient (Wildman–Crippen LogP) is 9.51. The molecule has 0 amide bonds. The minimum absolute atomic E-state index is 0.620. The van der Waals surface area contributed by atoms with E-state index >= 15 is 0 Å². The molecular weight excluding hydrogens is 550 g/mol. The molecule has 5 nitrogen and oxygen atoms in total. The lowest BCUT2D eigenvalue weighted by Gasteiger charge is -2.13. The van der Waals surface area contributed by atoms with E-state index in [1.165, 1.54) is 10.8 Å². The van der Waals surface area contributed by atoms with Crippen LogP contribution in [0.15, 0.2) is 151 Å². The molecule has 0 bridgehead atoms. The van der Waals surface area contributed by atoms with Gasteiger partial charge in [0.2, 0.25) is 0 Å². The Morgan fingerprint density at radius 1 is 0.667 bits per heavy atom. The van der Waals surface area contributed by atoms with Crippen molar-refractivity contribution in [1.82, 2.24) is 19.9 Å². The lowest BCUT2D eigenvalue weighted by molar-refractivity contribution is 1.15. The zero-order valence-corrected chi connectivity index (χ0v) is 24.8. The molecule has 7 rings (SSSR count). The van der Waals surface area contributed by atoms with Gasteiger partial charge < -0.3 is 0 Å². The third kappa shape index (κ3) is 5.55. The molecule has 0 saturated carbocycles. The molecular formula is C40H29N5. The van der Waals surface area contributed by atoms with Crippen LogP contribution in [-0.4, -0.2) is 33.2 Å². The molecule has 0 unspecified atom stereocenters. The molecule has 0 fully saturated rings. The topological polar surface area (TPSA) is 63.9 Å². The molecule has 3 aromatic heterocycles. The van der Waals surface area contributed by atoms with Crippen molar-refractivity contribution in [2.45, 2.75) is 0 Å². The number of allylic oxidation sites excluding steroid dienone is 3. The van der Waals surface area contributed by atoms with Gasteiger partial charge in [0, 0.05) is 53.3 Å². The van der Waals surface area contributed by atoms with Crippen molar-refractivity contribution < 1.29 is 0 Å². The van der Waals surface area contributed by atoms with E-state index in [1.54, 1.807) is 31.7 Å². The molecule has 0 N–H and O–H groups in total. The van der Waals surface area contributed by atoms with Crippen molar-refractivity contribution in [3.63, 3.8) is 0 Å². The van der Waals surface area contributed by atoms with Gasteiger partial charge in [0.15, 0.2) is 5.82 Å². The highest BCUT2D eigenvalue weighted by Crippen LogP contribution is 2.37. The van der Waals surface area contributed by atoms with E-state index < -0.39 is 0 Å². The van der Waals surface area contributed by atoms with Crippen molar-refractivity contribution in [1.29, 1.82) is 0 Å². The smallest absolute Gasteiger partial charge is 0.160 e. The molecule has 214 valence electrons. The normalized spacial score (nSPS) is 11.8. The van der Waals surface area contributed by atoms with Gasteiger partial charge >= 0.3 is 0 Å². The highest BCUT2D eigenvalue weighted by atomic mass is 14.9. The van der Waals surface area contributed by atoms with Gasteiger partial charge in [0.05, 0.1) is 22.6 Å². The van der Waals surface area contributed by atoms with E-state index in [0.717, 1.165) is 61.4 Å². The Morgan fingerprint density at radius 2 is 1.38 bits per heavy atom. The Kier molecular flexibility index (Phi) is 7.57. The standard InChI is InChI=1S/C40H29N5/c1-3-27(19-22-41-2)37-26-38(31-20-23-42-24-21-31)45-40(44-37)32-15-13-30(14-16-32)36-25-34(28-9-5-4-6-10-28)39-33-12-8-7-11-29(33)17-18-35(39)43-36/h3-26H,1H2,2H3/b27-19+,41-22-. The summed E-state index contributed by atoms with van der Waals surface area (Å²) in [5.74, 6) is 0.620. The number of nitrogens with zero attached hydrogens (tertiary/aromatic N) is 5. The molecule has 0 aliphatic heterocycles. The number of aromatic nitrogens is 4. The molecule has 0 saturated heterocycles. The number of rotatable bonds is 7. The maximum Gasteiger partial charge on any atom is 0.160 e. The van der Waals surface area contributed by atoms with Crippen molar-refractivity contribution in [2.75, 3.05) is 7.05 Å². The minimum Gasteiger partial charge on any atom is -0.296 e. The average Bonchev–Trinajstić information content (AvgIpc) is 3.12. The number of benzene rings is 4. The van der Waals surface area contributed by atoms with Crippen LogP contribution >= 0.6 is 0 Å². The third-order valence-corrected chi connectivity index (χ3v) is 7.84. The van der Waals surface area contributed by atoms with Crippen LogP contribution in [0.5, 0.6) is 0 Å². The van der Waals surface area contributed by atoms with E-state index in [4.69, 9.17) is 15.0 Å². The summed E-state index contributed by atoms with van der Waals surface area (Å²) >= 11 is 0. The summed E-state index contributed by atoms with van der Waals surface area (Å²) in [6, 6.07) is 39.7. The highest BCUT2D eigenvalue weighted by Gasteiger charge is 2.14. The van der Waals surface area contributed by atoms with Gasteiger partial charge in [-0.25, -0.2) is 15.0 Å². The maximum atomic E-state index is 5.15. The monoisotopic (exact) mass is 579 g/mol. The fourth-order valence-electron chi connectivity index (χ4n) is 5.60. The zero-order chi connectivity index (χ0) is 30.6. The van der Waals surface area contributed by atoms with Gasteiger partial charge in [-0.3, -0.25) is 9.98 Å².